The van der Waals surface area contributed by atoms with E-state index in [2.05, 4.69) is 34.1 Å². The van der Waals surface area contributed by atoms with E-state index in [9.17, 15) is 0 Å². The van der Waals surface area contributed by atoms with Crippen LogP contribution in [0.4, 0.5) is 5.13 Å². The molecule has 3 heterocycles. The predicted octanol–water partition coefficient (Wildman–Crippen LogP) is 4.00. The van der Waals surface area contributed by atoms with Crippen LogP contribution < -0.4 is 4.90 Å². The first-order valence-corrected chi connectivity index (χ1v) is 9.53. The molecule has 0 radical (unpaired) electrons. The van der Waals surface area contributed by atoms with Crippen molar-refractivity contribution in [3.8, 4) is 0 Å². The summed E-state index contributed by atoms with van der Waals surface area (Å²) in [5.41, 5.74) is 1.15. The molecular formula is C18H25N3S. The molecule has 4 heteroatoms. The summed E-state index contributed by atoms with van der Waals surface area (Å²) in [5, 5.41) is 1.23. The van der Waals surface area contributed by atoms with Crippen LogP contribution in [0, 0.1) is 5.92 Å². The Morgan fingerprint density at radius 1 is 1.05 bits per heavy atom. The van der Waals surface area contributed by atoms with E-state index in [-0.39, 0.29) is 0 Å². The van der Waals surface area contributed by atoms with Crippen LogP contribution in [0.15, 0.2) is 24.3 Å². The second kappa shape index (κ2) is 6.55. The number of anilines is 1. The molecule has 22 heavy (non-hydrogen) atoms. The molecule has 2 aliphatic rings. The van der Waals surface area contributed by atoms with Crippen molar-refractivity contribution >= 4 is 26.7 Å². The van der Waals surface area contributed by atoms with Gasteiger partial charge in [-0.3, -0.25) is 0 Å². The van der Waals surface area contributed by atoms with Crippen LogP contribution in [-0.4, -0.2) is 42.6 Å². The third kappa shape index (κ3) is 3.13. The molecule has 3 nitrogen and oxygen atoms in total. The zero-order valence-corrected chi connectivity index (χ0v) is 14.0. The summed E-state index contributed by atoms with van der Waals surface area (Å²) in [4.78, 5) is 10.1. The van der Waals surface area contributed by atoms with Crippen molar-refractivity contribution in [2.45, 2.75) is 32.1 Å². The lowest BCUT2D eigenvalue weighted by Crippen LogP contribution is -2.42. The van der Waals surface area contributed by atoms with E-state index >= 15 is 0 Å². The predicted molar refractivity (Wildman–Crippen MR) is 94.8 cm³/mol. The van der Waals surface area contributed by atoms with Crippen molar-refractivity contribution in [1.29, 1.82) is 0 Å². The van der Waals surface area contributed by atoms with Gasteiger partial charge in [-0.2, -0.15) is 0 Å². The highest BCUT2D eigenvalue weighted by Crippen LogP contribution is 2.31. The molecule has 0 saturated carbocycles. The molecule has 2 aliphatic heterocycles. The number of hydrogen-bond donors (Lipinski definition) is 0. The third-order valence-corrected chi connectivity index (χ3v) is 6.13. The van der Waals surface area contributed by atoms with Gasteiger partial charge in [0, 0.05) is 19.6 Å². The monoisotopic (exact) mass is 315 g/mol. The van der Waals surface area contributed by atoms with Crippen LogP contribution in [0.5, 0.6) is 0 Å². The van der Waals surface area contributed by atoms with Crippen molar-refractivity contribution in [2.75, 3.05) is 37.6 Å². The van der Waals surface area contributed by atoms with Crippen molar-refractivity contribution in [3.63, 3.8) is 0 Å². The average molecular weight is 315 g/mol. The highest BCUT2D eigenvalue weighted by Gasteiger charge is 2.24. The van der Waals surface area contributed by atoms with E-state index < -0.39 is 0 Å². The Morgan fingerprint density at radius 2 is 1.91 bits per heavy atom. The van der Waals surface area contributed by atoms with Crippen molar-refractivity contribution in [1.82, 2.24) is 9.88 Å². The standard InChI is InChI=1S/C18H25N3S/c1-4-10-20(11-5-1)13-15-7-6-12-21(14-15)18-19-16-8-2-3-9-17(16)22-18/h2-3,8-9,15H,1,4-7,10-14H2/t15-/m0/s1. The molecule has 1 aromatic heterocycles. The van der Waals surface area contributed by atoms with Crippen LogP contribution in [0.25, 0.3) is 10.2 Å². The van der Waals surface area contributed by atoms with Crippen LogP contribution in [-0.2, 0) is 0 Å². The number of aromatic nitrogens is 1. The van der Waals surface area contributed by atoms with Gasteiger partial charge < -0.3 is 9.80 Å². The molecule has 118 valence electrons. The van der Waals surface area contributed by atoms with E-state index in [1.807, 2.05) is 11.3 Å². The molecule has 0 aliphatic carbocycles. The largest absolute Gasteiger partial charge is 0.348 e. The van der Waals surface area contributed by atoms with E-state index in [1.165, 1.54) is 74.7 Å². The van der Waals surface area contributed by atoms with E-state index in [4.69, 9.17) is 4.98 Å². The lowest BCUT2D eigenvalue weighted by Gasteiger charge is -2.36. The summed E-state index contributed by atoms with van der Waals surface area (Å²) in [6.07, 6.45) is 6.92. The lowest BCUT2D eigenvalue weighted by molar-refractivity contribution is 0.185. The van der Waals surface area contributed by atoms with E-state index in [1.54, 1.807) is 0 Å². The zero-order chi connectivity index (χ0) is 14.8. The van der Waals surface area contributed by atoms with Gasteiger partial charge in [0.15, 0.2) is 5.13 Å². The zero-order valence-electron chi connectivity index (χ0n) is 13.2. The molecule has 0 spiro atoms. The van der Waals surface area contributed by atoms with Crippen LogP contribution >= 0.6 is 11.3 Å². The van der Waals surface area contributed by atoms with Crippen LogP contribution in [0.3, 0.4) is 0 Å². The molecule has 0 N–H and O–H groups in total. The molecule has 2 fully saturated rings. The first-order chi connectivity index (χ1) is 10.9. The fourth-order valence-electron chi connectivity index (χ4n) is 3.89. The summed E-state index contributed by atoms with van der Waals surface area (Å²) in [7, 11) is 0. The van der Waals surface area contributed by atoms with Gasteiger partial charge in [-0.25, -0.2) is 4.98 Å². The molecule has 2 aromatic rings. The maximum absolute atomic E-state index is 4.85. The Kier molecular flexibility index (Phi) is 4.30. The van der Waals surface area contributed by atoms with Gasteiger partial charge in [-0.05, 0) is 56.8 Å². The van der Waals surface area contributed by atoms with Crippen molar-refractivity contribution in [3.05, 3.63) is 24.3 Å². The number of piperidine rings is 2. The van der Waals surface area contributed by atoms with Crippen LogP contribution in [0.1, 0.15) is 32.1 Å². The Labute approximate surface area is 136 Å². The Hall–Kier alpha value is -1.13. The van der Waals surface area contributed by atoms with Crippen LogP contribution in [0.2, 0.25) is 0 Å². The SMILES string of the molecule is c1ccc2sc(N3CCC[C@@H](CN4CCCCC4)C3)nc2c1. The third-order valence-electron chi connectivity index (χ3n) is 5.04. The highest BCUT2D eigenvalue weighted by molar-refractivity contribution is 7.22. The number of fused-ring (bicyclic) bond motifs is 1. The maximum atomic E-state index is 4.85. The van der Waals surface area contributed by atoms with Gasteiger partial charge >= 0.3 is 0 Å². The summed E-state index contributed by atoms with van der Waals surface area (Å²) in [5.74, 6) is 0.818. The van der Waals surface area contributed by atoms with Gasteiger partial charge in [-0.1, -0.05) is 29.9 Å². The number of likely N-dealkylation sites (tertiary alicyclic amines) is 1. The number of thiazole rings is 1. The Balaban J connectivity index is 1.43. The molecule has 4 rings (SSSR count). The summed E-state index contributed by atoms with van der Waals surface area (Å²) in [6, 6.07) is 8.51. The quantitative estimate of drug-likeness (QED) is 0.853. The molecule has 1 aromatic carbocycles. The number of hydrogen-bond acceptors (Lipinski definition) is 4. The molecule has 0 bridgehead atoms. The summed E-state index contributed by atoms with van der Waals surface area (Å²) < 4.78 is 1.32. The molecular weight excluding hydrogens is 290 g/mol. The van der Waals surface area contributed by atoms with Gasteiger partial charge in [-0.15, -0.1) is 0 Å². The average Bonchev–Trinajstić information content (AvgIpc) is 3.00. The highest BCUT2D eigenvalue weighted by atomic mass is 32.1. The fraction of sp³-hybridized carbons (Fsp3) is 0.611. The number of nitrogens with zero attached hydrogens (tertiary/aromatic N) is 3. The Morgan fingerprint density at radius 3 is 2.77 bits per heavy atom. The minimum Gasteiger partial charge on any atom is -0.348 e. The summed E-state index contributed by atoms with van der Waals surface area (Å²) in [6.45, 7) is 6.29. The molecule has 1 atom stereocenters. The van der Waals surface area contributed by atoms with Crippen molar-refractivity contribution in [2.24, 2.45) is 5.92 Å². The van der Waals surface area contributed by atoms with Gasteiger partial charge in [0.25, 0.3) is 0 Å². The minimum absolute atomic E-state index is 0.818. The summed E-state index contributed by atoms with van der Waals surface area (Å²) >= 11 is 1.85. The number of rotatable bonds is 3. The second-order valence-corrected chi connectivity index (χ2v) is 7.79. The minimum atomic E-state index is 0.818. The maximum Gasteiger partial charge on any atom is 0.186 e. The normalized spacial score (nSPS) is 24.0. The fourth-order valence-corrected chi connectivity index (χ4v) is 4.89. The smallest absolute Gasteiger partial charge is 0.186 e. The lowest BCUT2D eigenvalue weighted by atomic mass is 9.97. The van der Waals surface area contributed by atoms with E-state index in [0.717, 1.165) is 11.4 Å². The first-order valence-electron chi connectivity index (χ1n) is 8.71. The number of benzene rings is 1. The Bertz CT molecular complexity index is 585. The van der Waals surface area contributed by atoms with Gasteiger partial charge in [0.2, 0.25) is 0 Å². The topological polar surface area (TPSA) is 19.4 Å². The molecule has 0 unspecified atom stereocenters. The molecule has 0 amide bonds. The van der Waals surface area contributed by atoms with Gasteiger partial charge in [0.05, 0.1) is 10.2 Å². The molecule has 2 saturated heterocycles. The second-order valence-electron chi connectivity index (χ2n) is 6.78. The van der Waals surface area contributed by atoms with E-state index in [0.29, 0.717) is 0 Å². The first kappa shape index (κ1) is 14.5. The van der Waals surface area contributed by atoms with Gasteiger partial charge in [0.1, 0.15) is 0 Å². The van der Waals surface area contributed by atoms with Crippen molar-refractivity contribution < 1.29 is 0 Å². The number of para-hydroxylation sites is 1.